The molecule has 3 rings (SSSR count). The molecule has 3 aromatic carbocycles. The molecule has 0 atom stereocenters. The van der Waals surface area contributed by atoms with Crippen molar-refractivity contribution in [3.63, 3.8) is 0 Å². The summed E-state index contributed by atoms with van der Waals surface area (Å²) in [6.45, 7) is 2.27. The lowest BCUT2D eigenvalue weighted by atomic mass is 9.98. The molecule has 0 aliphatic rings. The zero-order valence-corrected chi connectivity index (χ0v) is 15.9. The summed E-state index contributed by atoms with van der Waals surface area (Å²) in [4.78, 5) is 0. The fraction of sp³-hybridized carbons (Fsp3) is 0.308. The number of rotatable bonds is 9. The Hall–Kier alpha value is -2.34. The van der Waals surface area contributed by atoms with Gasteiger partial charge in [0.25, 0.3) is 0 Å². The van der Waals surface area contributed by atoms with Gasteiger partial charge in [-0.1, -0.05) is 106 Å². The quantitative estimate of drug-likeness (QED) is 0.349. The van der Waals surface area contributed by atoms with Crippen LogP contribution in [-0.2, 0) is 6.42 Å². The van der Waals surface area contributed by atoms with Crippen LogP contribution in [0.3, 0.4) is 0 Å². The van der Waals surface area contributed by atoms with Gasteiger partial charge in [0.2, 0.25) is 0 Å². The molecule has 1 radical (unpaired) electrons. The van der Waals surface area contributed by atoms with E-state index in [0.717, 1.165) is 0 Å². The van der Waals surface area contributed by atoms with E-state index in [9.17, 15) is 0 Å². The number of benzene rings is 3. The van der Waals surface area contributed by atoms with Gasteiger partial charge in [0.15, 0.2) is 0 Å². The molecule has 0 aliphatic heterocycles. The van der Waals surface area contributed by atoms with Gasteiger partial charge in [-0.2, -0.15) is 0 Å². The molecule has 26 heavy (non-hydrogen) atoms. The van der Waals surface area contributed by atoms with Crippen molar-refractivity contribution in [1.29, 1.82) is 0 Å². The average Bonchev–Trinajstić information content (AvgIpc) is 2.72. The third-order valence-electron chi connectivity index (χ3n) is 5.03. The predicted octanol–water partition coefficient (Wildman–Crippen LogP) is 7.72. The first-order valence-corrected chi connectivity index (χ1v) is 10.0. The maximum absolute atomic E-state index is 3.14. The van der Waals surface area contributed by atoms with Crippen LogP contribution in [0.2, 0.25) is 0 Å². The molecule has 0 aliphatic carbocycles. The second-order valence-corrected chi connectivity index (χ2v) is 7.08. The van der Waals surface area contributed by atoms with E-state index in [2.05, 4.69) is 67.6 Å². The fourth-order valence-electron chi connectivity index (χ4n) is 3.40. The van der Waals surface area contributed by atoms with Crippen LogP contribution in [0.25, 0.3) is 22.3 Å². The van der Waals surface area contributed by atoms with E-state index >= 15 is 0 Å². The largest absolute Gasteiger partial charge is 0.0654 e. The summed E-state index contributed by atoms with van der Waals surface area (Å²) in [5, 5.41) is 0. The molecule has 0 heterocycles. The minimum atomic E-state index is 1.20. The van der Waals surface area contributed by atoms with Gasteiger partial charge in [0, 0.05) is 0 Å². The van der Waals surface area contributed by atoms with Crippen LogP contribution >= 0.6 is 0 Å². The summed E-state index contributed by atoms with van der Waals surface area (Å²) in [7, 11) is 0. The zero-order valence-electron chi connectivity index (χ0n) is 15.9. The summed E-state index contributed by atoms with van der Waals surface area (Å²) < 4.78 is 0. The monoisotopic (exact) mass is 341 g/mol. The van der Waals surface area contributed by atoms with Crippen LogP contribution in [0.15, 0.2) is 72.8 Å². The average molecular weight is 342 g/mol. The third kappa shape index (κ3) is 5.33. The van der Waals surface area contributed by atoms with Crippen molar-refractivity contribution in [3.8, 4) is 22.3 Å². The van der Waals surface area contributed by atoms with Gasteiger partial charge < -0.3 is 0 Å². The van der Waals surface area contributed by atoms with Crippen molar-refractivity contribution >= 4 is 0 Å². The van der Waals surface area contributed by atoms with Crippen molar-refractivity contribution in [3.05, 3.63) is 84.4 Å². The maximum atomic E-state index is 3.14. The molecule has 0 N–H and O–H groups in total. The molecule has 133 valence electrons. The van der Waals surface area contributed by atoms with Gasteiger partial charge in [0.1, 0.15) is 0 Å². The molecule has 0 aromatic heterocycles. The molecule has 0 spiro atoms. The highest BCUT2D eigenvalue weighted by Crippen LogP contribution is 2.25. The van der Waals surface area contributed by atoms with Gasteiger partial charge in [-0.3, -0.25) is 0 Å². The number of hydrogen-bond donors (Lipinski definition) is 0. The van der Waals surface area contributed by atoms with Gasteiger partial charge >= 0.3 is 0 Å². The molecular formula is C26H29. The van der Waals surface area contributed by atoms with Gasteiger partial charge in [-0.25, -0.2) is 0 Å². The van der Waals surface area contributed by atoms with E-state index in [4.69, 9.17) is 0 Å². The molecule has 0 nitrogen and oxygen atoms in total. The first-order valence-electron chi connectivity index (χ1n) is 10.0. The van der Waals surface area contributed by atoms with Crippen molar-refractivity contribution in [2.24, 2.45) is 0 Å². The molecule has 0 saturated heterocycles. The number of aryl methyl sites for hydroxylation is 1. The zero-order chi connectivity index (χ0) is 18.0. The Kier molecular flexibility index (Phi) is 7.07. The Bertz CT molecular complexity index is 751. The lowest BCUT2D eigenvalue weighted by Crippen LogP contribution is -1.87. The molecule has 0 saturated carbocycles. The lowest BCUT2D eigenvalue weighted by molar-refractivity contribution is 0.607. The number of unbranched alkanes of at least 4 members (excludes halogenated alkanes) is 5. The van der Waals surface area contributed by atoms with E-state index in [0.29, 0.717) is 0 Å². The normalized spacial score (nSPS) is 10.8. The van der Waals surface area contributed by atoms with Crippen molar-refractivity contribution in [2.75, 3.05) is 0 Å². The van der Waals surface area contributed by atoms with E-state index < -0.39 is 0 Å². The summed E-state index contributed by atoms with van der Waals surface area (Å²) in [5.74, 6) is 0. The first-order chi connectivity index (χ1) is 12.9. The highest BCUT2D eigenvalue weighted by atomic mass is 14.1. The molecule has 3 aromatic rings. The summed E-state index contributed by atoms with van der Waals surface area (Å²) in [6, 6.07) is 29.2. The summed E-state index contributed by atoms with van der Waals surface area (Å²) in [6.07, 6.45) is 9.37. The van der Waals surface area contributed by atoms with Crippen LogP contribution in [0.5, 0.6) is 0 Å². The Morgan fingerprint density at radius 2 is 1.19 bits per heavy atom. The number of hydrogen-bond acceptors (Lipinski definition) is 0. The highest BCUT2D eigenvalue weighted by Gasteiger charge is 2.01. The molecule has 0 amide bonds. The van der Waals surface area contributed by atoms with Crippen LogP contribution in [0, 0.1) is 6.07 Å². The van der Waals surface area contributed by atoms with E-state index in [1.807, 2.05) is 18.2 Å². The standard InChI is InChI=1S/C26H29/c1-2-3-4-5-6-8-11-22-14-16-24(17-15-22)26-20-18-25(19-21-26)23-12-9-7-10-13-23/h7,9,12-21H,2-6,8,11H2,1H3. The minimum absolute atomic E-state index is 1.20. The summed E-state index contributed by atoms with van der Waals surface area (Å²) in [5.41, 5.74) is 6.49. The van der Waals surface area contributed by atoms with Gasteiger partial charge in [-0.05, 0) is 52.8 Å². The smallest absolute Gasteiger partial charge is 0.0178 e. The van der Waals surface area contributed by atoms with E-state index in [1.54, 1.807) is 0 Å². The molecule has 0 fully saturated rings. The van der Waals surface area contributed by atoms with Crippen molar-refractivity contribution < 1.29 is 0 Å². The molecular weight excluding hydrogens is 312 g/mol. The second-order valence-electron chi connectivity index (χ2n) is 7.08. The second kappa shape index (κ2) is 9.97. The van der Waals surface area contributed by atoms with Crippen LogP contribution < -0.4 is 0 Å². The SMILES string of the molecule is CCCCCCCCc1ccc(-c2ccc(-c3c[c]ccc3)cc2)cc1. The van der Waals surface area contributed by atoms with E-state index in [-0.39, 0.29) is 0 Å². The van der Waals surface area contributed by atoms with Gasteiger partial charge in [0.05, 0.1) is 0 Å². The molecule has 0 unspecified atom stereocenters. The Labute approximate surface area is 158 Å². The Morgan fingerprint density at radius 1 is 0.615 bits per heavy atom. The predicted molar refractivity (Wildman–Crippen MR) is 113 cm³/mol. The lowest BCUT2D eigenvalue weighted by Gasteiger charge is -2.07. The first kappa shape index (κ1) is 18.5. The van der Waals surface area contributed by atoms with Crippen LogP contribution in [0.4, 0.5) is 0 Å². The fourth-order valence-corrected chi connectivity index (χ4v) is 3.40. The maximum Gasteiger partial charge on any atom is -0.0178 e. The van der Waals surface area contributed by atoms with Crippen LogP contribution in [0.1, 0.15) is 51.0 Å². The van der Waals surface area contributed by atoms with Gasteiger partial charge in [-0.15, -0.1) is 0 Å². The molecule has 0 bridgehead atoms. The Morgan fingerprint density at radius 3 is 1.81 bits per heavy atom. The third-order valence-corrected chi connectivity index (χ3v) is 5.03. The van der Waals surface area contributed by atoms with Crippen LogP contribution in [-0.4, -0.2) is 0 Å². The molecule has 0 heteroatoms. The van der Waals surface area contributed by atoms with E-state index in [1.165, 1.54) is 72.8 Å². The van der Waals surface area contributed by atoms with Crippen molar-refractivity contribution in [2.45, 2.75) is 51.9 Å². The summed E-state index contributed by atoms with van der Waals surface area (Å²) >= 11 is 0. The van der Waals surface area contributed by atoms with Crippen molar-refractivity contribution in [1.82, 2.24) is 0 Å². The Balaban J connectivity index is 1.55. The topological polar surface area (TPSA) is 0 Å². The minimum Gasteiger partial charge on any atom is -0.0654 e. The highest BCUT2D eigenvalue weighted by molar-refractivity contribution is 5.70.